The molecule has 2 saturated heterocycles. The minimum absolute atomic E-state index is 0. The van der Waals surface area contributed by atoms with Crippen LogP contribution < -0.4 is 10.6 Å². The molecule has 3 heterocycles. The molecule has 0 saturated carbocycles. The highest BCUT2D eigenvalue weighted by molar-refractivity contribution is 5.85. The van der Waals surface area contributed by atoms with E-state index < -0.39 is 0 Å². The van der Waals surface area contributed by atoms with Crippen LogP contribution in [-0.4, -0.2) is 43.0 Å². The Morgan fingerprint density at radius 1 is 1.36 bits per heavy atom. The van der Waals surface area contributed by atoms with Crippen molar-refractivity contribution in [1.29, 1.82) is 0 Å². The molecule has 2 atom stereocenters. The van der Waals surface area contributed by atoms with E-state index in [9.17, 15) is 4.79 Å². The summed E-state index contributed by atoms with van der Waals surface area (Å²) >= 11 is 0. The Hall–Kier alpha value is -1.04. The molecule has 22 heavy (non-hydrogen) atoms. The normalized spacial score (nSPS) is 23.7. The summed E-state index contributed by atoms with van der Waals surface area (Å²) < 4.78 is 5.60. The third-order valence-corrected chi connectivity index (χ3v) is 4.55. The molecule has 5 nitrogen and oxygen atoms in total. The molecular formula is C16H26ClN3O2. The molecule has 3 rings (SSSR count). The highest BCUT2D eigenvalue weighted by Crippen LogP contribution is 2.24. The summed E-state index contributed by atoms with van der Waals surface area (Å²) in [7, 11) is 0. The predicted octanol–water partition coefficient (Wildman–Crippen LogP) is 2.10. The lowest BCUT2D eigenvalue weighted by atomic mass is 10.1. The van der Waals surface area contributed by atoms with E-state index in [2.05, 4.69) is 15.5 Å². The fourth-order valence-corrected chi connectivity index (χ4v) is 3.35. The summed E-state index contributed by atoms with van der Waals surface area (Å²) in [5.41, 5.74) is 0. The maximum absolute atomic E-state index is 12.2. The van der Waals surface area contributed by atoms with Crippen LogP contribution in [-0.2, 0) is 4.79 Å². The van der Waals surface area contributed by atoms with Crippen molar-refractivity contribution in [2.75, 3.05) is 26.2 Å². The monoisotopic (exact) mass is 327 g/mol. The number of hydrogen-bond donors (Lipinski definition) is 2. The van der Waals surface area contributed by atoms with Gasteiger partial charge in [-0.15, -0.1) is 12.4 Å². The van der Waals surface area contributed by atoms with Crippen molar-refractivity contribution in [2.24, 2.45) is 0 Å². The van der Waals surface area contributed by atoms with E-state index in [0.717, 1.165) is 38.2 Å². The molecule has 2 aliphatic heterocycles. The number of nitrogens with zero attached hydrogens (tertiary/aromatic N) is 1. The molecule has 0 aromatic carbocycles. The molecule has 1 aromatic rings. The number of carbonyl (C=O) groups excluding carboxylic acids is 1. The van der Waals surface area contributed by atoms with Crippen molar-refractivity contribution in [3.8, 4) is 0 Å². The first-order valence-corrected chi connectivity index (χ1v) is 8.13. The van der Waals surface area contributed by atoms with Gasteiger partial charge in [0.1, 0.15) is 5.76 Å². The van der Waals surface area contributed by atoms with E-state index >= 15 is 0 Å². The van der Waals surface area contributed by atoms with Crippen LogP contribution in [0.15, 0.2) is 22.8 Å². The van der Waals surface area contributed by atoms with Crippen LogP contribution in [0, 0.1) is 0 Å². The summed E-state index contributed by atoms with van der Waals surface area (Å²) in [6, 6.07) is 4.08. The topological polar surface area (TPSA) is 57.5 Å². The van der Waals surface area contributed by atoms with Crippen molar-refractivity contribution in [3.63, 3.8) is 0 Å². The molecule has 2 unspecified atom stereocenters. The number of piperidine rings is 1. The highest BCUT2D eigenvalue weighted by Gasteiger charge is 2.27. The molecule has 2 fully saturated rings. The summed E-state index contributed by atoms with van der Waals surface area (Å²) in [4.78, 5) is 14.6. The maximum atomic E-state index is 12.2. The number of hydrogen-bond acceptors (Lipinski definition) is 4. The van der Waals surface area contributed by atoms with Gasteiger partial charge in [-0.05, 0) is 57.5 Å². The first-order chi connectivity index (χ1) is 10.3. The molecule has 6 heteroatoms. The zero-order chi connectivity index (χ0) is 14.5. The Morgan fingerprint density at radius 2 is 2.18 bits per heavy atom. The van der Waals surface area contributed by atoms with Gasteiger partial charge in [0.05, 0.1) is 18.3 Å². The van der Waals surface area contributed by atoms with E-state index in [-0.39, 0.29) is 30.4 Å². The SMILES string of the molecule is Cl.O=C(NCC(c1ccco1)N1CCCCC1)C1CCCN1. The van der Waals surface area contributed by atoms with Gasteiger partial charge in [-0.1, -0.05) is 6.42 Å². The third kappa shape index (κ3) is 4.24. The van der Waals surface area contributed by atoms with Crippen LogP contribution in [0.3, 0.4) is 0 Å². The lowest BCUT2D eigenvalue weighted by Gasteiger charge is -2.33. The highest BCUT2D eigenvalue weighted by atomic mass is 35.5. The first kappa shape index (κ1) is 17.3. The summed E-state index contributed by atoms with van der Waals surface area (Å²) in [6.45, 7) is 3.75. The number of nitrogens with one attached hydrogen (secondary N) is 2. The quantitative estimate of drug-likeness (QED) is 0.869. The number of furan rings is 1. The molecule has 0 spiro atoms. The molecule has 0 bridgehead atoms. The smallest absolute Gasteiger partial charge is 0.237 e. The standard InChI is InChI=1S/C16H25N3O2.ClH/c20-16(13-6-4-8-17-13)18-12-14(15-7-5-11-21-15)19-9-2-1-3-10-19;/h5,7,11,13-14,17H,1-4,6,8-10,12H2,(H,18,20);1H. The minimum atomic E-state index is -0.0105. The lowest BCUT2D eigenvalue weighted by molar-refractivity contribution is -0.123. The molecule has 0 aliphatic carbocycles. The van der Waals surface area contributed by atoms with E-state index in [1.165, 1.54) is 19.3 Å². The Bertz CT molecular complexity index is 440. The van der Waals surface area contributed by atoms with E-state index in [1.54, 1.807) is 6.26 Å². The molecule has 124 valence electrons. The van der Waals surface area contributed by atoms with Crippen LogP contribution in [0.2, 0.25) is 0 Å². The largest absolute Gasteiger partial charge is 0.468 e. The number of rotatable bonds is 5. The summed E-state index contributed by atoms with van der Waals surface area (Å²) in [6.07, 6.45) is 7.52. The van der Waals surface area contributed by atoms with Crippen LogP contribution in [0.1, 0.15) is 43.9 Å². The minimum Gasteiger partial charge on any atom is -0.468 e. The molecule has 2 aliphatic rings. The zero-order valence-corrected chi connectivity index (χ0v) is 13.7. The molecule has 2 N–H and O–H groups in total. The third-order valence-electron chi connectivity index (χ3n) is 4.55. The number of amides is 1. The van der Waals surface area contributed by atoms with E-state index in [1.807, 2.05) is 12.1 Å². The molecule has 1 amide bonds. The average molecular weight is 328 g/mol. The van der Waals surface area contributed by atoms with Gasteiger partial charge in [-0.25, -0.2) is 0 Å². The van der Waals surface area contributed by atoms with Crippen LogP contribution in [0.5, 0.6) is 0 Å². The van der Waals surface area contributed by atoms with Crippen molar-refractivity contribution in [3.05, 3.63) is 24.2 Å². The maximum Gasteiger partial charge on any atom is 0.237 e. The van der Waals surface area contributed by atoms with Crippen LogP contribution in [0.4, 0.5) is 0 Å². The van der Waals surface area contributed by atoms with Crippen LogP contribution in [0.25, 0.3) is 0 Å². The van der Waals surface area contributed by atoms with Crippen LogP contribution >= 0.6 is 12.4 Å². The second kappa shape index (κ2) is 8.56. The summed E-state index contributed by atoms with van der Waals surface area (Å²) in [5.74, 6) is 1.08. The van der Waals surface area contributed by atoms with Crippen molar-refractivity contribution in [2.45, 2.75) is 44.2 Å². The fraction of sp³-hybridized carbons (Fsp3) is 0.688. The molecule has 1 aromatic heterocycles. The van der Waals surface area contributed by atoms with Gasteiger partial charge in [0.25, 0.3) is 0 Å². The molecule has 0 radical (unpaired) electrons. The van der Waals surface area contributed by atoms with Crippen molar-refractivity contribution in [1.82, 2.24) is 15.5 Å². The Morgan fingerprint density at radius 3 is 2.82 bits per heavy atom. The van der Waals surface area contributed by atoms with Gasteiger partial charge < -0.3 is 15.1 Å². The predicted molar refractivity (Wildman–Crippen MR) is 88.2 cm³/mol. The van der Waals surface area contributed by atoms with Gasteiger partial charge >= 0.3 is 0 Å². The van der Waals surface area contributed by atoms with Crippen molar-refractivity contribution >= 4 is 18.3 Å². The molecular weight excluding hydrogens is 302 g/mol. The van der Waals surface area contributed by atoms with Gasteiger partial charge in [0, 0.05) is 6.54 Å². The van der Waals surface area contributed by atoms with Crippen molar-refractivity contribution < 1.29 is 9.21 Å². The first-order valence-electron chi connectivity index (χ1n) is 8.13. The van der Waals surface area contributed by atoms with Gasteiger partial charge in [-0.2, -0.15) is 0 Å². The van der Waals surface area contributed by atoms with Gasteiger partial charge in [0.15, 0.2) is 0 Å². The van der Waals surface area contributed by atoms with Gasteiger partial charge in [-0.3, -0.25) is 9.69 Å². The number of halogens is 1. The Balaban J connectivity index is 0.00000176. The van der Waals surface area contributed by atoms with E-state index in [0.29, 0.717) is 6.54 Å². The Kier molecular flexibility index (Phi) is 6.73. The summed E-state index contributed by atoms with van der Waals surface area (Å²) in [5, 5.41) is 6.35. The lowest BCUT2D eigenvalue weighted by Crippen LogP contribution is -2.45. The second-order valence-electron chi connectivity index (χ2n) is 6.02. The second-order valence-corrected chi connectivity index (χ2v) is 6.02. The van der Waals surface area contributed by atoms with Gasteiger partial charge in [0.2, 0.25) is 5.91 Å². The fourth-order valence-electron chi connectivity index (χ4n) is 3.35. The number of likely N-dealkylation sites (tertiary alicyclic amines) is 1. The van der Waals surface area contributed by atoms with E-state index in [4.69, 9.17) is 4.42 Å². The zero-order valence-electron chi connectivity index (χ0n) is 12.9. The number of carbonyl (C=O) groups is 1. The average Bonchev–Trinajstić information content (AvgIpc) is 3.22. The Labute approximate surface area is 138 Å².